The van der Waals surface area contributed by atoms with Crippen LogP contribution in [-0.4, -0.2) is 29.0 Å². The lowest BCUT2D eigenvalue weighted by Gasteiger charge is -2.09. The minimum Gasteiger partial charge on any atom is -0.354 e. The van der Waals surface area contributed by atoms with Gasteiger partial charge in [0, 0.05) is 19.3 Å². The van der Waals surface area contributed by atoms with Gasteiger partial charge < -0.3 is 10.6 Å². The summed E-state index contributed by atoms with van der Waals surface area (Å²) in [6, 6.07) is 1.62. The highest BCUT2D eigenvalue weighted by molar-refractivity contribution is 5.92. The van der Waals surface area contributed by atoms with Crippen molar-refractivity contribution in [3.63, 3.8) is 0 Å². The van der Waals surface area contributed by atoms with Gasteiger partial charge >= 0.3 is 0 Å². The third-order valence-corrected chi connectivity index (χ3v) is 2.23. The van der Waals surface area contributed by atoms with Crippen LogP contribution in [0.3, 0.4) is 0 Å². The van der Waals surface area contributed by atoms with Gasteiger partial charge in [0.1, 0.15) is 5.69 Å². The molecule has 100 valence electrons. The molecule has 0 radical (unpaired) electrons. The molecule has 0 aliphatic heterocycles. The van der Waals surface area contributed by atoms with Gasteiger partial charge in [-0.05, 0) is 17.9 Å². The normalized spacial score (nSPS) is 10.8. The van der Waals surface area contributed by atoms with E-state index in [-0.39, 0.29) is 5.91 Å². The van der Waals surface area contributed by atoms with Crippen molar-refractivity contribution >= 4 is 11.9 Å². The number of nitrogens with zero attached hydrogens (tertiary/aromatic N) is 2. The van der Waals surface area contributed by atoms with Crippen LogP contribution in [-0.2, 0) is 0 Å². The van der Waals surface area contributed by atoms with E-state index in [2.05, 4.69) is 48.3 Å². The molecule has 1 aromatic rings. The van der Waals surface area contributed by atoms with Crippen LogP contribution in [0.4, 0.5) is 5.95 Å². The summed E-state index contributed by atoms with van der Waals surface area (Å²) in [7, 11) is 0. The standard InChI is InChI=1S/C13H22N4O/c1-9(2)7-15-12(18)11-5-6-14-13(17-11)16-8-10(3)4/h5-6,9-10H,7-8H2,1-4H3,(H,15,18)(H,14,16,17). The molecular weight excluding hydrogens is 228 g/mol. The molecule has 1 aromatic heterocycles. The quantitative estimate of drug-likeness (QED) is 0.809. The lowest BCUT2D eigenvalue weighted by atomic mass is 10.2. The maximum atomic E-state index is 11.8. The van der Waals surface area contributed by atoms with Crippen molar-refractivity contribution in [1.29, 1.82) is 0 Å². The maximum Gasteiger partial charge on any atom is 0.270 e. The molecule has 1 heterocycles. The number of carbonyl (C=O) groups is 1. The van der Waals surface area contributed by atoms with Crippen molar-refractivity contribution < 1.29 is 4.79 Å². The van der Waals surface area contributed by atoms with Gasteiger partial charge in [-0.2, -0.15) is 0 Å². The van der Waals surface area contributed by atoms with E-state index in [0.717, 1.165) is 6.54 Å². The van der Waals surface area contributed by atoms with Crippen LogP contribution in [0.25, 0.3) is 0 Å². The summed E-state index contributed by atoms with van der Waals surface area (Å²) in [5.41, 5.74) is 0.400. The van der Waals surface area contributed by atoms with Gasteiger partial charge in [0.2, 0.25) is 5.95 Å². The Labute approximate surface area is 108 Å². The molecule has 2 N–H and O–H groups in total. The third-order valence-electron chi connectivity index (χ3n) is 2.23. The molecule has 0 spiro atoms. The van der Waals surface area contributed by atoms with Crippen molar-refractivity contribution in [2.24, 2.45) is 11.8 Å². The van der Waals surface area contributed by atoms with E-state index < -0.39 is 0 Å². The van der Waals surface area contributed by atoms with Crippen LogP contribution in [0.1, 0.15) is 38.2 Å². The van der Waals surface area contributed by atoms with Crippen molar-refractivity contribution in [1.82, 2.24) is 15.3 Å². The number of amides is 1. The summed E-state index contributed by atoms with van der Waals surface area (Å²) in [6.07, 6.45) is 1.60. The van der Waals surface area contributed by atoms with Crippen LogP contribution >= 0.6 is 0 Å². The van der Waals surface area contributed by atoms with E-state index in [1.54, 1.807) is 12.3 Å². The maximum absolute atomic E-state index is 11.8. The predicted octanol–water partition coefficient (Wildman–Crippen LogP) is 1.93. The molecule has 0 unspecified atom stereocenters. The number of anilines is 1. The average molecular weight is 250 g/mol. The number of carbonyl (C=O) groups excluding carboxylic acids is 1. The number of hydrogen-bond donors (Lipinski definition) is 2. The second-order valence-electron chi connectivity index (χ2n) is 5.14. The highest BCUT2D eigenvalue weighted by atomic mass is 16.1. The molecule has 0 atom stereocenters. The lowest BCUT2D eigenvalue weighted by Crippen LogP contribution is -2.28. The first-order valence-electron chi connectivity index (χ1n) is 6.34. The second kappa shape index (κ2) is 6.93. The number of rotatable bonds is 6. The first-order chi connectivity index (χ1) is 8.49. The number of aromatic nitrogens is 2. The number of nitrogens with one attached hydrogen (secondary N) is 2. The fraction of sp³-hybridized carbons (Fsp3) is 0.615. The fourth-order valence-electron chi connectivity index (χ4n) is 1.25. The molecule has 0 fully saturated rings. The topological polar surface area (TPSA) is 66.9 Å². The molecule has 0 aliphatic rings. The van der Waals surface area contributed by atoms with Gasteiger partial charge in [-0.15, -0.1) is 0 Å². The van der Waals surface area contributed by atoms with Crippen molar-refractivity contribution in [2.45, 2.75) is 27.7 Å². The zero-order chi connectivity index (χ0) is 13.5. The first kappa shape index (κ1) is 14.4. The summed E-state index contributed by atoms with van der Waals surface area (Å²) >= 11 is 0. The Hall–Kier alpha value is -1.65. The van der Waals surface area contributed by atoms with E-state index >= 15 is 0 Å². The van der Waals surface area contributed by atoms with Crippen LogP contribution < -0.4 is 10.6 Å². The Bertz CT molecular complexity index is 390. The molecule has 0 saturated carbocycles. The van der Waals surface area contributed by atoms with Gasteiger partial charge in [0.25, 0.3) is 5.91 Å². The number of hydrogen-bond acceptors (Lipinski definition) is 4. The zero-order valence-electron chi connectivity index (χ0n) is 11.5. The molecule has 1 amide bonds. The molecule has 0 saturated heterocycles. The van der Waals surface area contributed by atoms with Crippen LogP contribution in [0.15, 0.2) is 12.3 Å². The van der Waals surface area contributed by atoms with E-state index in [0.29, 0.717) is 30.0 Å². The average Bonchev–Trinajstić information content (AvgIpc) is 2.33. The van der Waals surface area contributed by atoms with E-state index in [4.69, 9.17) is 0 Å². The van der Waals surface area contributed by atoms with Gasteiger partial charge in [-0.25, -0.2) is 9.97 Å². The zero-order valence-corrected chi connectivity index (χ0v) is 11.5. The van der Waals surface area contributed by atoms with Crippen molar-refractivity contribution in [3.05, 3.63) is 18.0 Å². The fourth-order valence-corrected chi connectivity index (χ4v) is 1.25. The molecule has 0 aliphatic carbocycles. The Kier molecular flexibility index (Phi) is 5.55. The van der Waals surface area contributed by atoms with Crippen LogP contribution in [0.5, 0.6) is 0 Å². The summed E-state index contributed by atoms with van der Waals surface area (Å²) in [4.78, 5) is 20.1. The monoisotopic (exact) mass is 250 g/mol. The minimum absolute atomic E-state index is 0.154. The molecule has 0 aromatic carbocycles. The van der Waals surface area contributed by atoms with Crippen LogP contribution in [0, 0.1) is 11.8 Å². The molecular formula is C13H22N4O. The molecule has 5 nitrogen and oxygen atoms in total. The Morgan fingerprint density at radius 2 is 1.89 bits per heavy atom. The molecule has 1 rings (SSSR count). The second-order valence-corrected chi connectivity index (χ2v) is 5.14. The SMILES string of the molecule is CC(C)CNC(=O)c1ccnc(NCC(C)C)n1. The summed E-state index contributed by atoms with van der Waals surface area (Å²) in [5, 5.41) is 5.94. The van der Waals surface area contributed by atoms with Crippen molar-refractivity contribution in [3.8, 4) is 0 Å². The largest absolute Gasteiger partial charge is 0.354 e. The summed E-state index contributed by atoms with van der Waals surface area (Å²) in [6.45, 7) is 9.75. The van der Waals surface area contributed by atoms with E-state index in [1.807, 2.05) is 0 Å². The van der Waals surface area contributed by atoms with Crippen molar-refractivity contribution in [2.75, 3.05) is 18.4 Å². The molecule has 18 heavy (non-hydrogen) atoms. The van der Waals surface area contributed by atoms with Gasteiger partial charge in [-0.3, -0.25) is 4.79 Å². The van der Waals surface area contributed by atoms with Gasteiger partial charge in [-0.1, -0.05) is 27.7 Å². The molecule has 5 heteroatoms. The van der Waals surface area contributed by atoms with Gasteiger partial charge in [0.05, 0.1) is 0 Å². The van der Waals surface area contributed by atoms with E-state index in [1.165, 1.54) is 0 Å². The smallest absolute Gasteiger partial charge is 0.270 e. The first-order valence-corrected chi connectivity index (χ1v) is 6.34. The lowest BCUT2D eigenvalue weighted by molar-refractivity contribution is 0.0944. The van der Waals surface area contributed by atoms with Gasteiger partial charge in [0.15, 0.2) is 0 Å². The highest BCUT2D eigenvalue weighted by Gasteiger charge is 2.08. The molecule has 0 bridgehead atoms. The summed E-state index contributed by atoms with van der Waals surface area (Å²) < 4.78 is 0. The third kappa shape index (κ3) is 5.12. The minimum atomic E-state index is -0.154. The highest BCUT2D eigenvalue weighted by Crippen LogP contribution is 2.02. The predicted molar refractivity (Wildman–Crippen MR) is 72.5 cm³/mol. The summed E-state index contributed by atoms with van der Waals surface area (Å²) in [5.74, 6) is 1.28. The Morgan fingerprint density at radius 1 is 1.22 bits per heavy atom. The van der Waals surface area contributed by atoms with E-state index in [9.17, 15) is 4.79 Å². The van der Waals surface area contributed by atoms with Crippen LogP contribution in [0.2, 0.25) is 0 Å². The Morgan fingerprint density at radius 3 is 2.50 bits per heavy atom. The Balaban J connectivity index is 2.60.